The number of hydrogen-bond acceptors (Lipinski definition) is 4. The van der Waals surface area contributed by atoms with Crippen LogP contribution in [0.1, 0.15) is 18.1 Å². The molecule has 5 nitrogen and oxygen atoms in total. The number of piperazine rings is 1. The van der Waals surface area contributed by atoms with Gasteiger partial charge in [-0.3, -0.25) is 4.79 Å². The molecule has 1 heterocycles. The lowest BCUT2D eigenvalue weighted by Gasteiger charge is -2.36. The fourth-order valence-corrected chi connectivity index (χ4v) is 3.29. The van der Waals surface area contributed by atoms with Gasteiger partial charge in [-0.05, 0) is 50.1 Å². The molecule has 0 aromatic heterocycles. The second-order valence-corrected chi connectivity index (χ2v) is 6.83. The Balaban J connectivity index is 1.54. The van der Waals surface area contributed by atoms with Crippen LogP contribution in [0.4, 0.5) is 5.69 Å². The summed E-state index contributed by atoms with van der Waals surface area (Å²) in [5.41, 5.74) is 3.27. The van der Waals surface area contributed by atoms with Crippen molar-refractivity contribution in [3.05, 3.63) is 53.6 Å². The van der Waals surface area contributed by atoms with Crippen molar-refractivity contribution in [2.45, 2.75) is 20.8 Å². The lowest BCUT2D eigenvalue weighted by atomic mass is 10.1. The molecule has 0 saturated carbocycles. The third kappa shape index (κ3) is 4.73. The molecule has 0 N–H and O–H groups in total. The molecule has 1 aliphatic rings. The first-order valence-electron chi connectivity index (χ1n) is 9.53. The highest BCUT2D eigenvalue weighted by Crippen LogP contribution is 2.28. The monoisotopic (exact) mass is 368 g/mol. The minimum atomic E-state index is 0.0358. The lowest BCUT2D eigenvalue weighted by molar-refractivity contribution is -0.133. The number of hydrogen-bond donors (Lipinski definition) is 0. The highest BCUT2D eigenvalue weighted by Gasteiger charge is 2.23. The highest BCUT2D eigenvalue weighted by molar-refractivity contribution is 5.78. The minimum Gasteiger partial charge on any atom is -0.492 e. The van der Waals surface area contributed by atoms with Crippen molar-refractivity contribution in [2.75, 3.05) is 44.3 Å². The molecule has 0 atom stereocenters. The molecule has 0 spiro atoms. The Hall–Kier alpha value is -2.69. The minimum absolute atomic E-state index is 0.0358. The molecule has 1 fully saturated rings. The summed E-state index contributed by atoms with van der Waals surface area (Å²) < 4.78 is 11.5. The van der Waals surface area contributed by atoms with Crippen LogP contribution in [-0.2, 0) is 4.79 Å². The molecule has 144 valence electrons. The van der Waals surface area contributed by atoms with Crippen molar-refractivity contribution in [1.82, 2.24) is 4.90 Å². The summed E-state index contributed by atoms with van der Waals surface area (Å²) in [5.74, 6) is 1.72. The van der Waals surface area contributed by atoms with Crippen molar-refractivity contribution >= 4 is 11.6 Å². The number of aryl methyl sites for hydroxylation is 2. The van der Waals surface area contributed by atoms with Crippen LogP contribution in [-0.4, -0.2) is 50.2 Å². The molecule has 0 unspecified atom stereocenters. The van der Waals surface area contributed by atoms with E-state index in [1.54, 1.807) is 0 Å². The summed E-state index contributed by atoms with van der Waals surface area (Å²) in [7, 11) is 0. The van der Waals surface area contributed by atoms with E-state index in [1.807, 2.05) is 62.1 Å². The van der Waals surface area contributed by atoms with Gasteiger partial charge in [0.15, 0.2) is 6.61 Å². The lowest BCUT2D eigenvalue weighted by Crippen LogP contribution is -2.50. The normalized spacial score (nSPS) is 14.2. The second kappa shape index (κ2) is 8.80. The average molecular weight is 368 g/mol. The first kappa shape index (κ1) is 19.1. The van der Waals surface area contributed by atoms with Gasteiger partial charge < -0.3 is 19.3 Å². The standard InChI is InChI=1S/C22H28N2O3/c1-4-26-20-8-6-5-7-19(20)23-11-13-24(14-12-23)22(25)16-27-21-15-17(2)9-10-18(21)3/h5-10,15H,4,11-14,16H2,1-3H3. The Bertz CT molecular complexity index is 783. The fraction of sp³-hybridized carbons (Fsp3) is 0.409. The Morgan fingerprint density at radius 3 is 2.44 bits per heavy atom. The van der Waals surface area contributed by atoms with Crippen LogP contribution in [0.3, 0.4) is 0 Å². The van der Waals surface area contributed by atoms with Gasteiger partial charge in [-0.15, -0.1) is 0 Å². The van der Waals surface area contributed by atoms with Crippen LogP contribution < -0.4 is 14.4 Å². The molecule has 1 amide bonds. The van der Waals surface area contributed by atoms with Gasteiger partial charge >= 0.3 is 0 Å². The quantitative estimate of drug-likeness (QED) is 0.783. The maximum atomic E-state index is 12.5. The van der Waals surface area contributed by atoms with Crippen molar-refractivity contribution in [2.24, 2.45) is 0 Å². The molecule has 27 heavy (non-hydrogen) atoms. The number of carbonyl (C=O) groups is 1. The summed E-state index contributed by atoms with van der Waals surface area (Å²) in [6.45, 7) is 9.69. The van der Waals surface area contributed by atoms with Gasteiger partial charge in [0.25, 0.3) is 5.91 Å². The fourth-order valence-electron chi connectivity index (χ4n) is 3.29. The number of para-hydroxylation sites is 2. The van der Waals surface area contributed by atoms with E-state index in [0.717, 1.165) is 41.4 Å². The van der Waals surface area contributed by atoms with Crippen LogP contribution in [0.15, 0.2) is 42.5 Å². The van der Waals surface area contributed by atoms with Gasteiger partial charge in [-0.25, -0.2) is 0 Å². The molecule has 0 radical (unpaired) electrons. The molecular formula is C22H28N2O3. The number of benzene rings is 2. The third-order valence-corrected chi connectivity index (χ3v) is 4.83. The van der Waals surface area contributed by atoms with Crippen LogP contribution in [0, 0.1) is 13.8 Å². The van der Waals surface area contributed by atoms with E-state index in [0.29, 0.717) is 19.7 Å². The van der Waals surface area contributed by atoms with Crippen molar-refractivity contribution < 1.29 is 14.3 Å². The summed E-state index contributed by atoms with van der Waals surface area (Å²) in [4.78, 5) is 16.7. The van der Waals surface area contributed by atoms with Gasteiger partial charge in [0, 0.05) is 26.2 Å². The van der Waals surface area contributed by atoms with Gasteiger partial charge in [0.2, 0.25) is 0 Å². The zero-order chi connectivity index (χ0) is 19.2. The molecule has 5 heteroatoms. The van der Waals surface area contributed by atoms with Crippen molar-refractivity contribution in [3.63, 3.8) is 0 Å². The van der Waals surface area contributed by atoms with Crippen molar-refractivity contribution in [3.8, 4) is 11.5 Å². The zero-order valence-corrected chi connectivity index (χ0v) is 16.4. The van der Waals surface area contributed by atoms with Crippen LogP contribution in [0.2, 0.25) is 0 Å². The van der Waals surface area contributed by atoms with Gasteiger partial charge in [0.05, 0.1) is 12.3 Å². The van der Waals surface area contributed by atoms with E-state index < -0.39 is 0 Å². The number of amides is 1. The number of nitrogens with zero attached hydrogens (tertiary/aromatic N) is 2. The molecule has 3 rings (SSSR count). The molecule has 2 aromatic carbocycles. The Morgan fingerprint density at radius 2 is 1.70 bits per heavy atom. The average Bonchev–Trinajstić information content (AvgIpc) is 2.69. The van der Waals surface area contributed by atoms with E-state index in [-0.39, 0.29) is 12.5 Å². The number of anilines is 1. The summed E-state index contributed by atoms with van der Waals surface area (Å²) in [6, 6.07) is 14.1. The predicted octanol–water partition coefficient (Wildman–Crippen LogP) is 3.43. The first-order chi connectivity index (χ1) is 13.1. The van der Waals surface area contributed by atoms with Crippen LogP contribution >= 0.6 is 0 Å². The predicted molar refractivity (Wildman–Crippen MR) is 108 cm³/mol. The maximum Gasteiger partial charge on any atom is 0.260 e. The van der Waals surface area contributed by atoms with Gasteiger partial charge in [-0.1, -0.05) is 24.3 Å². The molecule has 1 saturated heterocycles. The summed E-state index contributed by atoms with van der Waals surface area (Å²) in [6.07, 6.45) is 0. The van der Waals surface area contributed by atoms with E-state index in [2.05, 4.69) is 11.0 Å². The first-order valence-corrected chi connectivity index (χ1v) is 9.53. The van der Waals surface area contributed by atoms with Crippen LogP contribution in [0.25, 0.3) is 0 Å². The molecule has 1 aliphatic heterocycles. The second-order valence-electron chi connectivity index (χ2n) is 6.83. The third-order valence-electron chi connectivity index (χ3n) is 4.83. The number of ether oxygens (including phenoxy) is 2. The highest BCUT2D eigenvalue weighted by atomic mass is 16.5. The zero-order valence-electron chi connectivity index (χ0n) is 16.4. The SMILES string of the molecule is CCOc1ccccc1N1CCN(C(=O)COc2cc(C)ccc2C)CC1. The smallest absolute Gasteiger partial charge is 0.260 e. The van der Waals surface area contributed by atoms with E-state index in [1.165, 1.54) is 0 Å². The number of rotatable bonds is 6. The largest absolute Gasteiger partial charge is 0.492 e. The molecule has 2 aromatic rings. The molecule has 0 bridgehead atoms. The summed E-state index contributed by atoms with van der Waals surface area (Å²) >= 11 is 0. The van der Waals surface area contributed by atoms with E-state index in [9.17, 15) is 4.79 Å². The summed E-state index contributed by atoms with van der Waals surface area (Å²) in [5, 5.41) is 0. The maximum absolute atomic E-state index is 12.5. The Morgan fingerprint density at radius 1 is 0.963 bits per heavy atom. The Labute approximate surface area is 161 Å². The van der Waals surface area contributed by atoms with Crippen LogP contribution in [0.5, 0.6) is 11.5 Å². The van der Waals surface area contributed by atoms with Gasteiger partial charge in [-0.2, -0.15) is 0 Å². The van der Waals surface area contributed by atoms with E-state index in [4.69, 9.17) is 9.47 Å². The van der Waals surface area contributed by atoms with Crippen molar-refractivity contribution in [1.29, 1.82) is 0 Å². The molecular weight excluding hydrogens is 340 g/mol. The van der Waals surface area contributed by atoms with Gasteiger partial charge in [0.1, 0.15) is 11.5 Å². The number of carbonyl (C=O) groups excluding carboxylic acids is 1. The van der Waals surface area contributed by atoms with E-state index >= 15 is 0 Å². The Kier molecular flexibility index (Phi) is 6.22. The topological polar surface area (TPSA) is 42.0 Å². The molecule has 0 aliphatic carbocycles.